The Bertz CT molecular complexity index is 233. The van der Waals surface area contributed by atoms with Gasteiger partial charge in [-0.15, -0.1) is 0 Å². The lowest BCUT2D eigenvalue weighted by Gasteiger charge is -2.34. The van der Waals surface area contributed by atoms with Crippen molar-refractivity contribution in [1.82, 2.24) is 4.90 Å². The summed E-state index contributed by atoms with van der Waals surface area (Å²) in [5.41, 5.74) is 6.09. The van der Waals surface area contributed by atoms with E-state index in [1.165, 1.54) is 58.0 Å². The molecule has 106 valence electrons. The van der Waals surface area contributed by atoms with Gasteiger partial charge in [-0.05, 0) is 62.9 Å². The molecule has 1 heterocycles. The second-order valence-corrected chi connectivity index (χ2v) is 6.82. The van der Waals surface area contributed by atoms with Crippen molar-refractivity contribution in [3.05, 3.63) is 0 Å². The van der Waals surface area contributed by atoms with Crippen molar-refractivity contribution in [2.75, 3.05) is 19.6 Å². The minimum atomic E-state index is 0.679. The van der Waals surface area contributed by atoms with Crippen LogP contribution in [0.4, 0.5) is 0 Å². The Morgan fingerprint density at radius 2 is 1.61 bits per heavy atom. The Morgan fingerprint density at radius 1 is 0.944 bits per heavy atom. The van der Waals surface area contributed by atoms with Gasteiger partial charge in [-0.25, -0.2) is 0 Å². The lowest BCUT2D eigenvalue weighted by molar-refractivity contribution is 0.149. The lowest BCUT2D eigenvalue weighted by atomic mass is 9.89. The van der Waals surface area contributed by atoms with Gasteiger partial charge in [-0.3, -0.25) is 4.90 Å². The second kappa shape index (κ2) is 6.91. The minimum absolute atomic E-state index is 0.679. The maximum Gasteiger partial charge on any atom is 0.0246 e. The molecule has 0 aromatic heterocycles. The van der Waals surface area contributed by atoms with Gasteiger partial charge in [0.25, 0.3) is 0 Å². The van der Waals surface area contributed by atoms with Crippen molar-refractivity contribution in [2.24, 2.45) is 23.5 Å². The molecule has 2 N–H and O–H groups in total. The Hall–Kier alpha value is -0.0800. The fourth-order valence-corrected chi connectivity index (χ4v) is 4.12. The van der Waals surface area contributed by atoms with Crippen LogP contribution >= 0.6 is 0 Å². The smallest absolute Gasteiger partial charge is 0.0246 e. The normalized spacial score (nSPS) is 29.7. The van der Waals surface area contributed by atoms with Crippen molar-refractivity contribution >= 4 is 0 Å². The molecule has 2 atom stereocenters. The average molecular weight is 252 g/mol. The van der Waals surface area contributed by atoms with Crippen LogP contribution < -0.4 is 5.73 Å². The molecule has 1 saturated heterocycles. The van der Waals surface area contributed by atoms with Gasteiger partial charge >= 0.3 is 0 Å². The van der Waals surface area contributed by atoms with Crippen LogP contribution in [0, 0.1) is 17.8 Å². The van der Waals surface area contributed by atoms with E-state index in [-0.39, 0.29) is 0 Å². The van der Waals surface area contributed by atoms with E-state index in [0.29, 0.717) is 6.04 Å². The molecule has 2 rings (SSSR count). The maximum atomic E-state index is 6.09. The van der Waals surface area contributed by atoms with Gasteiger partial charge in [-0.1, -0.05) is 26.7 Å². The highest BCUT2D eigenvalue weighted by atomic mass is 15.2. The van der Waals surface area contributed by atoms with E-state index in [4.69, 9.17) is 5.73 Å². The summed E-state index contributed by atoms with van der Waals surface area (Å²) >= 11 is 0. The number of hydrogen-bond donors (Lipinski definition) is 1. The van der Waals surface area contributed by atoms with E-state index >= 15 is 0 Å². The molecule has 1 aliphatic carbocycles. The van der Waals surface area contributed by atoms with Crippen molar-refractivity contribution in [2.45, 2.75) is 64.8 Å². The molecule has 0 aromatic rings. The average Bonchev–Trinajstić information content (AvgIpc) is 2.75. The standard InChI is InChI=1S/C16H32N2/c1-13(2)14-8-5-10-18(11-9-14)16(12-17)15-6-3-4-7-15/h13-16H,3-12,17H2,1-2H3. The molecule has 0 spiro atoms. The Morgan fingerprint density at radius 3 is 2.22 bits per heavy atom. The monoisotopic (exact) mass is 252 g/mol. The van der Waals surface area contributed by atoms with E-state index < -0.39 is 0 Å². The van der Waals surface area contributed by atoms with E-state index in [1.54, 1.807) is 0 Å². The first-order valence-corrected chi connectivity index (χ1v) is 8.16. The first-order valence-electron chi connectivity index (χ1n) is 8.16. The van der Waals surface area contributed by atoms with Gasteiger partial charge in [0.15, 0.2) is 0 Å². The number of hydrogen-bond acceptors (Lipinski definition) is 2. The second-order valence-electron chi connectivity index (χ2n) is 6.82. The van der Waals surface area contributed by atoms with E-state index in [0.717, 1.165) is 24.3 Å². The zero-order valence-corrected chi connectivity index (χ0v) is 12.4. The summed E-state index contributed by atoms with van der Waals surface area (Å²) < 4.78 is 0. The molecule has 0 amide bonds. The predicted octanol–water partition coefficient (Wildman–Crippen LogP) is 3.26. The van der Waals surface area contributed by atoms with Crippen LogP contribution in [-0.4, -0.2) is 30.6 Å². The topological polar surface area (TPSA) is 29.3 Å². The minimum Gasteiger partial charge on any atom is -0.329 e. The molecule has 1 saturated carbocycles. The van der Waals surface area contributed by atoms with Crippen LogP contribution in [0.15, 0.2) is 0 Å². The van der Waals surface area contributed by atoms with Crippen LogP contribution in [0.3, 0.4) is 0 Å². The highest BCUT2D eigenvalue weighted by Gasteiger charge is 2.30. The Labute approximate surface area is 113 Å². The summed E-state index contributed by atoms with van der Waals surface area (Å²) in [5.74, 6) is 2.69. The van der Waals surface area contributed by atoms with Crippen molar-refractivity contribution < 1.29 is 0 Å². The van der Waals surface area contributed by atoms with E-state index in [9.17, 15) is 0 Å². The quantitative estimate of drug-likeness (QED) is 0.832. The summed E-state index contributed by atoms with van der Waals surface area (Å²) in [7, 11) is 0. The van der Waals surface area contributed by atoms with E-state index in [1.807, 2.05) is 0 Å². The molecule has 2 fully saturated rings. The van der Waals surface area contributed by atoms with Crippen LogP contribution in [-0.2, 0) is 0 Å². The van der Waals surface area contributed by atoms with Crippen molar-refractivity contribution in [3.63, 3.8) is 0 Å². The Balaban J connectivity index is 1.90. The summed E-state index contributed by atoms with van der Waals surface area (Å²) in [6, 6.07) is 0.679. The lowest BCUT2D eigenvalue weighted by Crippen LogP contribution is -2.45. The van der Waals surface area contributed by atoms with Crippen LogP contribution in [0.25, 0.3) is 0 Å². The zero-order chi connectivity index (χ0) is 13.0. The molecule has 2 nitrogen and oxygen atoms in total. The van der Waals surface area contributed by atoms with Crippen LogP contribution in [0.5, 0.6) is 0 Å². The fraction of sp³-hybridized carbons (Fsp3) is 1.00. The molecule has 0 radical (unpaired) electrons. The van der Waals surface area contributed by atoms with Gasteiger partial charge in [-0.2, -0.15) is 0 Å². The van der Waals surface area contributed by atoms with Crippen molar-refractivity contribution in [1.29, 1.82) is 0 Å². The molecule has 0 bridgehead atoms. The Kier molecular flexibility index (Phi) is 5.50. The van der Waals surface area contributed by atoms with Gasteiger partial charge in [0.05, 0.1) is 0 Å². The molecular weight excluding hydrogens is 220 g/mol. The van der Waals surface area contributed by atoms with Gasteiger partial charge in [0.1, 0.15) is 0 Å². The zero-order valence-electron chi connectivity index (χ0n) is 12.4. The third-order valence-electron chi connectivity index (χ3n) is 5.40. The summed E-state index contributed by atoms with van der Waals surface area (Å²) in [5, 5.41) is 0. The molecule has 1 aliphatic heterocycles. The number of likely N-dealkylation sites (tertiary alicyclic amines) is 1. The molecule has 2 unspecified atom stereocenters. The van der Waals surface area contributed by atoms with Gasteiger partial charge in [0, 0.05) is 12.6 Å². The van der Waals surface area contributed by atoms with Crippen LogP contribution in [0.1, 0.15) is 58.8 Å². The van der Waals surface area contributed by atoms with Crippen LogP contribution in [0.2, 0.25) is 0 Å². The molecule has 18 heavy (non-hydrogen) atoms. The maximum absolute atomic E-state index is 6.09. The highest BCUT2D eigenvalue weighted by Crippen LogP contribution is 2.32. The molecular formula is C16H32N2. The van der Waals surface area contributed by atoms with Gasteiger partial charge in [0.2, 0.25) is 0 Å². The number of rotatable bonds is 4. The number of nitrogens with zero attached hydrogens (tertiary/aromatic N) is 1. The predicted molar refractivity (Wildman–Crippen MR) is 78.6 cm³/mol. The molecule has 2 aliphatic rings. The summed E-state index contributed by atoms with van der Waals surface area (Å²) in [4.78, 5) is 2.73. The van der Waals surface area contributed by atoms with E-state index in [2.05, 4.69) is 18.7 Å². The number of nitrogens with two attached hydrogens (primary N) is 1. The third kappa shape index (κ3) is 3.48. The fourth-order valence-electron chi connectivity index (χ4n) is 4.12. The third-order valence-corrected chi connectivity index (χ3v) is 5.40. The largest absolute Gasteiger partial charge is 0.329 e. The van der Waals surface area contributed by atoms with Gasteiger partial charge < -0.3 is 5.73 Å². The SMILES string of the molecule is CC(C)C1CCCN(C(CN)C2CCCC2)CC1. The first-order chi connectivity index (χ1) is 8.72. The highest BCUT2D eigenvalue weighted by molar-refractivity contribution is 4.85. The molecule has 2 heteroatoms. The summed E-state index contributed by atoms with van der Waals surface area (Å²) in [6.45, 7) is 8.23. The summed E-state index contributed by atoms with van der Waals surface area (Å²) in [6.07, 6.45) is 9.91. The first kappa shape index (κ1) is 14.3. The van der Waals surface area contributed by atoms with Crippen molar-refractivity contribution in [3.8, 4) is 0 Å². The molecule has 0 aromatic carbocycles.